The molecule has 174 valence electrons. The fourth-order valence-electron chi connectivity index (χ4n) is 3.75. The third-order valence-corrected chi connectivity index (χ3v) is 6.27. The molecule has 0 fully saturated rings. The van der Waals surface area contributed by atoms with E-state index in [0.29, 0.717) is 23.6 Å². The number of likely N-dealkylation sites (N-methyl/N-ethyl adjacent to an activating group) is 1. The number of amides is 1. The Morgan fingerprint density at radius 1 is 1.21 bits per heavy atom. The third-order valence-electron chi connectivity index (χ3n) is 5.53. The number of halogens is 5. The van der Waals surface area contributed by atoms with E-state index in [1.807, 2.05) is 12.1 Å². The Balaban J connectivity index is 1.57. The zero-order valence-corrected chi connectivity index (χ0v) is 19.0. The number of anilines is 1. The van der Waals surface area contributed by atoms with E-state index in [-0.39, 0.29) is 23.0 Å². The van der Waals surface area contributed by atoms with Gasteiger partial charge in [-0.3, -0.25) is 9.78 Å². The van der Waals surface area contributed by atoms with Gasteiger partial charge in [0.15, 0.2) is 11.7 Å². The van der Waals surface area contributed by atoms with Crippen LogP contribution in [0.25, 0.3) is 0 Å². The first-order valence-corrected chi connectivity index (χ1v) is 10.9. The van der Waals surface area contributed by atoms with Crippen molar-refractivity contribution in [1.29, 1.82) is 0 Å². The number of carbonyl (C=O) groups is 1. The molecular weight excluding hydrogens is 478 g/mol. The molecule has 1 amide bonds. The first-order chi connectivity index (χ1) is 15.6. The Kier molecular flexibility index (Phi) is 6.54. The van der Waals surface area contributed by atoms with Gasteiger partial charge < -0.3 is 10.2 Å². The summed E-state index contributed by atoms with van der Waals surface area (Å²) >= 11 is 12.0. The summed E-state index contributed by atoms with van der Waals surface area (Å²) in [4.78, 5) is 18.5. The quantitative estimate of drug-likeness (QED) is 0.501. The summed E-state index contributed by atoms with van der Waals surface area (Å²) in [6.07, 6.45) is -2.69. The van der Waals surface area contributed by atoms with E-state index >= 15 is 0 Å². The Bertz CT molecular complexity index is 1150. The second kappa shape index (κ2) is 9.23. The maximum atomic E-state index is 13.9. The second-order valence-corrected chi connectivity index (χ2v) is 8.64. The normalized spacial score (nSPS) is 17.9. The van der Waals surface area contributed by atoms with Crippen molar-refractivity contribution in [3.8, 4) is 0 Å². The molecule has 1 aromatic carbocycles. The highest BCUT2D eigenvalue weighted by Gasteiger charge is 2.47. The van der Waals surface area contributed by atoms with Gasteiger partial charge in [-0.15, -0.1) is 0 Å². The standard InChI is InChI=1S/C22H20Cl2F3N5O/c1-31(9-7-14-4-2-3-8-28-14)21(33)18-12-20-29-17(13-5-6-15(23)16(24)10-13)11-19(22(25,26)27)32(20)30-18/h2-6,8,10,12,17,19,29H,7,9,11H2,1H3/t17-,19-/m1/s1. The summed E-state index contributed by atoms with van der Waals surface area (Å²) in [6.45, 7) is 0.347. The van der Waals surface area contributed by atoms with Gasteiger partial charge >= 0.3 is 6.18 Å². The molecule has 1 N–H and O–H groups in total. The molecule has 0 aliphatic carbocycles. The molecule has 33 heavy (non-hydrogen) atoms. The fourth-order valence-corrected chi connectivity index (χ4v) is 4.06. The highest BCUT2D eigenvalue weighted by atomic mass is 35.5. The van der Waals surface area contributed by atoms with E-state index in [2.05, 4.69) is 15.4 Å². The highest BCUT2D eigenvalue weighted by Crippen LogP contribution is 2.44. The van der Waals surface area contributed by atoms with E-state index in [1.54, 1.807) is 37.5 Å². The van der Waals surface area contributed by atoms with Gasteiger partial charge in [-0.05, 0) is 29.8 Å². The van der Waals surface area contributed by atoms with Crippen LogP contribution in [0.2, 0.25) is 10.0 Å². The minimum Gasteiger partial charge on any atom is -0.363 e. The lowest BCUT2D eigenvalue weighted by Crippen LogP contribution is -2.36. The van der Waals surface area contributed by atoms with Crippen molar-refractivity contribution in [1.82, 2.24) is 19.7 Å². The molecule has 0 bridgehead atoms. The van der Waals surface area contributed by atoms with E-state index in [0.717, 1.165) is 10.4 Å². The molecule has 0 saturated carbocycles. The van der Waals surface area contributed by atoms with Crippen LogP contribution in [0, 0.1) is 0 Å². The topological polar surface area (TPSA) is 63.1 Å². The summed E-state index contributed by atoms with van der Waals surface area (Å²) in [5.74, 6) is -0.359. The number of nitrogens with one attached hydrogen (secondary N) is 1. The van der Waals surface area contributed by atoms with Crippen LogP contribution in [0.5, 0.6) is 0 Å². The van der Waals surface area contributed by atoms with Gasteiger partial charge in [-0.2, -0.15) is 18.3 Å². The number of fused-ring (bicyclic) bond motifs is 1. The number of aromatic nitrogens is 3. The van der Waals surface area contributed by atoms with Gasteiger partial charge in [0.2, 0.25) is 0 Å². The lowest BCUT2D eigenvalue weighted by molar-refractivity contribution is -0.173. The number of nitrogens with zero attached hydrogens (tertiary/aromatic N) is 4. The molecule has 0 radical (unpaired) electrons. The monoisotopic (exact) mass is 497 g/mol. The maximum Gasteiger partial charge on any atom is 0.410 e. The van der Waals surface area contributed by atoms with Crippen LogP contribution in [0.15, 0.2) is 48.7 Å². The molecule has 0 unspecified atom stereocenters. The minimum atomic E-state index is -4.55. The number of rotatable bonds is 5. The maximum absolute atomic E-state index is 13.9. The highest BCUT2D eigenvalue weighted by molar-refractivity contribution is 6.42. The second-order valence-electron chi connectivity index (χ2n) is 7.82. The van der Waals surface area contributed by atoms with Crippen LogP contribution in [0.4, 0.5) is 19.0 Å². The third kappa shape index (κ3) is 5.09. The largest absolute Gasteiger partial charge is 0.410 e. The molecule has 1 aliphatic heterocycles. The number of benzene rings is 1. The summed E-state index contributed by atoms with van der Waals surface area (Å²) < 4.78 is 42.5. The van der Waals surface area contributed by atoms with E-state index in [4.69, 9.17) is 23.2 Å². The van der Waals surface area contributed by atoms with Crippen molar-refractivity contribution >= 4 is 34.9 Å². The Morgan fingerprint density at radius 2 is 2.00 bits per heavy atom. The molecule has 4 rings (SSSR count). The van der Waals surface area contributed by atoms with Crippen molar-refractivity contribution in [3.05, 3.63) is 75.7 Å². The molecule has 2 atom stereocenters. The zero-order chi connectivity index (χ0) is 23.8. The number of alkyl halides is 3. The lowest BCUT2D eigenvalue weighted by Gasteiger charge is -2.33. The smallest absolute Gasteiger partial charge is 0.363 e. The molecule has 3 aromatic rings. The summed E-state index contributed by atoms with van der Waals surface area (Å²) in [7, 11) is 1.58. The van der Waals surface area contributed by atoms with Crippen molar-refractivity contribution in [2.24, 2.45) is 0 Å². The summed E-state index contributed by atoms with van der Waals surface area (Å²) in [5, 5.41) is 7.64. The van der Waals surface area contributed by atoms with Crippen LogP contribution in [-0.2, 0) is 6.42 Å². The average Bonchev–Trinajstić information content (AvgIpc) is 3.22. The molecule has 0 saturated heterocycles. The van der Waals surface area contributed by atoms with Gasteiger partial charge in [0.05, 0.1) is 16.1 Å². The zero-order valence-electron chi connectivity index (χ0n) is 17.5. The van der Waals surface area contributed by atoms with Crippen molar-refractivity contribution < 1.29 is 18.0 Å². The Labute approximate surface area is 198 Å². The molecule has 1 aliphatic rings. The molecule has 3 heterocycles. The number of carbonyl (C=O) groups excluding carboxylic acids is 1. The first-order valence-electron chi connectivity index (χ1n) is 10.2. The van der Waals surface area contributed by atoms with E-state index in [1.165, 1.54) is 11.0 Å². The SMILES string of the molecule is CN(CCc1ccccn1)C(=O)c1cc2n(n1)[C@@H](C(F)(F)F)C[C@H](c1ccc(Cl)c(Cl)c1)N2. The minimum absolute atomic E-state index is 0.0648. The molecule has 0 spiro atoms. The van der Waals surface area contributed by atoms with Gasteiger partial charge in [-0.25, -0.2) is 4.68 Å². The average molecular weight is 498 g/mol. The molecule has 2 aromatic heterocycles. The molecular formula is C22H20Cl2F3N5O. The van der Waals surface area contributed by atoms with Gasteiger partial charge in [0.1, 0.15) is 5.82 Å². The van der Waals surface area contributed by atoms with E-state index < -0.39 is 24.2 Å². The van der Waals surface area contributed by atoms with Crippen LogP contribution < -0.4 is 5.32 Å². The lowest BCUT2D eigenvalue weighted by atomic mass is 9.97. The van der Waals surface area contributed by atoms with Gasteiger partial charge in [0, 0.05) is 44.4 Å². The van der Waals surface area contributed by atoms with Crippen molar-refractivity contribution in [3.63, 3.8) is 0 Å². The number of hydrogen-bond donors (Lipinski definition) is 1. The van der Waals surface area contributed by atoms with Gasteiger partial charge in [-0.1, -0.05) is 35.3 Å². The Morgan fingerprint density at radius 3 is 2.67 bits per heavy atom. The predicted molar refractivity (Wildman–Crippen MR) is 120 cm³/mol. The summed E-state index contributed by atoms with van der Waals surface area (Å²) in [6, 6.07) is 8.97. The first kappa shape index (κ1) is 23.4. The number of pyridine rings is 1. The van der Waals surface area contributed by atoms with Crippen LogP contribution >= 0.6 is 23.2 Å². The van der Waals surface area contributed by atoms with Gasteiger partial charge in [0.25, 0.3) is 5.91 Å². The van der Waals surface area contributed by atoms with Crippen LogP contribution in [0.3, 0.4) is 0 Å². The fraction of sp³-hybridized carbons (Fsp3) is 0.318. The number of hydrogen-bond acceptors (Lipinski definition) is 4. The molecule has 11 heteroatoms. The van der Waals surface area contributed by atoms with Crippen LogP contribution in [-0.4, -0.2) is 45.3 Å². The van der Waals surface area contributed by atoms with Crippen LogP contribution in [0.1, 0.15) is 40.3 Å². The molecule has 6 nitrogen and oxygen atoms in total. The predicted octanol–water partition coefficient (Wildman–Crippen LogP) is 5.56. The summed E-state index contributed by atoms with van der Waals surface area (Å²) in [5.41, 5.74) is 1.31. The van der Waals surface area contributed by atoms with Crippen molar-refractivity contribution in [2.45, 2.75) is 31.1 Å². The Hall–Kier alpha value is -2.78. The van der Waals surface area contributed by atoms with E-state index in [9.17, 15) is 18.0 Å². The van der Waals surface area contributed by atoms with Crippen molar-refractivity contribution in [2.75, 3.05) is 18.9 Å².